The average molecular weight is 397 g/mol. The second-order valence-electron chi connectivity index (χ2n) is 4.86. The molecule has 2 nitrogen and oxygen atoms in total. The highest BCUT2D eigenvalue weighted by Crippen LogP contribution is 2.26. The van der Waals surface area contributed by atoms with Crippen LogP contribution in [0.3, 0.4) is 0 Å². The van der Waals surface area contributed by atoms with Crippen LogP contribution in [0.15, 0.2) is 39.3 Å². The number of benzene rings is 2. The van der Waals surface area contributed by atoms with Crippen LogP contribution in [-0.4, -0.2) is 5.91 Å². The van der Waals surface area contributed by atoms with Gasteiger partial charge in [-0.3, -0.25) is 4.79 Å². The van der Waals surface area contributed by atoms with E-state index in [1.807, 2.05) is 51.1 Å². The quantitative estimate of drug-likeness (QED) is 0.724. The Morgan fingerprint density at radius 3 is 2.15 bits per heavy atom. The standard InChI is InChI=1S/C16H15Br2NO/c1-9-4-5-13(14(17)6-9)16(20)19-12-7-10(2)15(18)11(3)8-12/h4-8H,1-3H3,(H,19,20). The molecule has 1 N–H and O–H groups in total. The Hall–Kier alpha value is -1.13. The first-order chi connectivity index (χ1) is 9.38. The zero-order valence-electron chi connectivity index (χ0n) is 11.6. The highest BCUT2D eigenvalue weighted by Gasteiger charge is 2.11. The van der Waals surface area contributed by atoms with Gasteiger partial charge >= 0.3 is 0 Å². The summed E-state index contributed by atoms with van der Waals surface area (Å²) in [5.41, 5.74) is 4.75. The topological polar surface area (TPSA) is 29.1 Å². The molecular weight excluding hydrogens is 382 g/mol. The van der Waals surface area contributed by atoms with Gasteiger partial charge in [-0.2, -0.15) is 0 Å². The minimum Gasteiger partial charge on any atom is -0.322 e. The van der Waals surface area contributed by atoms with E-state index in [-0.39, 0.29) is 5.91 Å². The van der Waals surface area contributed by atoms with Gasteiger partial charge in [0.15, 0.2) is 0 Å². The highest BCUT2D eigenvalue weighted by molar-refractivity contribution is 9.10. The summed E-state index contributed by atoms with van der Waals surface area (Å²) < 4.78 is 1.88. The van der Waals surface area contributed by atoms with Gasteiger partial charge in [-0.05, 0) is 77.7 Å². The summed E-state index contributed by atoms with van der Waals surface area (Å²) in [6.07, 6.45) is 0. The molecule has 0 heterocycles. The summed E-state index contributed by atoms with van der Waals surface area (Å²) in [4.78, 5) is 12.3. The fourth-order valence-corrected chi connectivity index (χ4v) is 2.92. The van der Waals surface area contributed by atoms with Gasteiger partial charge in [0.2, 0.25) is 0 Å². The maximum Gasteiger partial charge on any atom is 0.256 e. The molecule has 0 aromatic heterocycles. The first kappa shape index (κ1) is 15.3. The molecule has 0 radical (unpaired) electrons. The zero-order chi connectivity index (χ0) is 14.9. The molecule has 1 amide bonds. The number of amides is 1. The van der Waals surface area contributed by atoms with E-state index in [0.717, 1.165) is 31.3 Å². The summed E-state index contributed by atoms with van der Waals surface area (Å²) in [6, 6.07) is 9.60. The zero-order valence-corrected chi connectivity index (χ0v) is 14.7. The van der Waals surface area contributed by atoms with E-state index in [4.69, 9.17) is 0 Å². The van der Waals surface area contributed by atoms with Crippen molar-refractivity contribution in [1.82, 2.24) is 0 Å². The monoisotopic (exact) mass is 395 g/mol. The van der Waals surface area contributed by atoms with Crippen LogP contribution < -0.4 is 5.32 Å². The molecule has 0 saturated heterocycles. The Labute approximate surface area is 135 Å². The van der Waals surface area contributed by atoms with Gasteiger partial charge in [-0.25, -0.2) is 0 Å². The van der Waals surface area contributed by atoms with Gasteiger partial charge in [0.05, 0.1) is 5.56 Å². The minimum absolute atomic E-state index is 0.113. The molecule has 20 heavy (non-hydrogen) atoms. The molecule has 0 bridgehead atoms. The number of hydrogen-bond donors (Lipinski definition) is 1. The average Bonchev–Trinajstić information content (AvgIpc) is 2.35. The summed E-state index contributed by atoms with van der Waals surface area (Å²) in [6.45, 7) is 6.01. The molecule has 0 aliphatic carbocycles. The van der Waals surface area contributed by atoms with Crippen LogP contribution in [0.4, 0.5) is 5.69 Å². The highest BCUT2D eigenvalue weighted by atomic mass is 79.9. The van der Waals surface area contributed by atoms with E-state index in [1.165, 1.54) is 0 Å². The van der Waals surface area contributed by atoms with Crippen molar-refractivity contribution < 1.29 is 4.79 Å². The van der Waals surface area contributed by atoms with Crippen molar-refractivity contribution in [2.45, 2.75) is 20.8 Å². The smallest absolute Gasteiger partial charge is 0.256 e. The van der Waals surface area contributed by atoms with Crippen LogP contribution >= 0.6 is 31.9 Å². The van der Waals surface area contributed by atoms with Crippen LogP contribution in [0.5, 0.6) is 0 Å². The lowest BCUT2D eigenvalue weighted by Gasteiger charge is -2.11. The van der Waals surface area contributed by atoms with Crippen LogP contribution in [-0.2, 0) is 0 Å². The number of anilines is 1. The Morgan fingerprint density at radius 2 is 1.60 bits per heavy atom. The Balaban J connectivity index is 2.28. The number of halogens is 2. The second kappa shape index (κ2) is 6.10. The molecule has 0 spiro atoms. The fraction of sp³-hybridized carbons (Fsp3) is 0.188. The molecule has 2 aromatic carbocycles. The first-order valence-corrected chi connectivity index (χ1v) is 7.81. The molecule has 0 aliphatic heterocycles. The van der Waals surface area contributed by atoms with Crippen molar-refractivity contribution >= 4 is 43.5 Å². The SMILES string of the molecule is Cc1ccc(C(=O)Nc2cc(C)c(Br)c(C)c2)c(Br)c1. The van der Waals surface area contributed by atoms with Crippen molar-refractivity contribution in [1.29, 1.82) is 0 Å². The Morgan fingerprint density at radius 1 is 1.00 bits per heavy atom. The molecular formula is C16H15Br2NO. The van der Waals surface area contributed by atoms with Crippen LogP contribution in [0.1, 0.15) is 27.0 Å². The predicted molar refractivity (Wildman–Crippen MR) is 90.4 cm³/mol. The normalized spacial score (nSPS) is 10.4. The molecule has 0 saturated carbocycles. The number of carbonyl (C=O) groups is 1. The number of rotatable bonds is 2. The number of carbonyl (C=O) groups excluding carboxylic acids is 1. The third kappa shape index (κ3) is 3.30. The van der Waals surface area contributed by atoms with Gasteiger partial charge < -0.3 is 5.32 Å². The van der Waals surface area contributed by atoms with Crippen molar-refractivity contribution in [3.63, 3.8) is 0 Å². The molecule has 104 valence electrons. The van der Waals surface area contributed by atoms with E-state index in [2.05, 4.69) is 37.2 Å². The van der Waals surface area contributed by atoms with Gasteiger partial charge in [0.1, 0.15) is 0 Å². The lowest BCUT2D eigenvalue weighted by atomic mass is 10.1. The maximum atomic E-state index is 12.3. The minimum atomic E-state index is -0.113. The first-order valence-electron chi connectivity index (χ1n) is 6.22. The summed E-state index contributed by atoms with van der Waals surface area (Å²) in [5, 5.41) is 2.94. The van der Waals surface area contributed by atoms with E-state index in [9.17, 15) is 4.79 Å². The molecule has 0 aliphatic rings. The van der Waals surface area contributed by atoms with Crippen LogP contribution in [0.2, 0.25) is 0 Å². The summed E-state index contributed by atoms with van der Waals surface area (Å²) >= 11 is 6.96. The molecule has 0 atom stereocenters. The van der Waals surface area contributed by atoms with E-state index >= 15 is 0 Å². The van der Waals surface area contributed by atoms with E-state index in [1.54, 1.807) is 0 Å². The van der Waals surface area contributed by atoms with E-state index in [0.29, 0.717) is 5.56 Å². The molecule has 0 unspecified atom stereocenters. The maximum absolute atomic E-state index is 12.3. The molecule has 2 aromatic rings. The molecule has 2 rings (SSSR count). The summed E-state index contributed by atoms with van der Waals surface area (Å²) in [7, 11) is 0. The van der Waals surface area contributed by atoms with Gasteiger partial charge in [-0.1, -0.05) is 22.0 Å². The Bertz CT molecular complexity index is 657. The molecule has 0 fully saturated rings. The number of nitrogens with one attached hydrogen (secondary N) is 1. The van der Waals surface area contributed by atoms with Gasteiger partial charge in [0.25, 0.3) is 5.91 Å². The van der Waals surface area contributed by atoms with E-state index < -0.39 is 0 Å². The van der Waals surface area contributed by atoms with Crippen molar-refractivity contribution in [2.75, 3.05) is 5.32 Å². The van der Waals surface area contributed by atoms with Crippen LogP contribution in [0.25, 0.3) is 0 Å². The largest absolute Gasteiger partial charge is 0.322 e. The summed E-state index contributed by atoms with van der Waals surface area (Å²) in [5.74, 6) is -0.113. The van der Waals surface area contributed by atoms with Crippen molar-refractivity contribution in [2.24, 2.45) is 0 Å². The lowest BCUT2D eigenvalue weighted by Crippen LogP contribution is -2.13. The fourth-order valence-electron chi connectivity index (χ4n) is 2.02. The Kier molecular flexibility index (Phi) is 4.66. The number of aryl methyl sites for hydroxylation is 3. The lowest BCUT2D eigenvalue weighted by molar-refractivity contribution is 0.102. The number of hydrogen-bond acceptors (Lipinski definition) is 1. The van der Waals surface area contributed by atoms with Gasteiger partial charge in [-0.15, -0.1) is 0 Å². The third-order valence-corrected chi connectivity index (χ3v) is 4.97. The second-order valence-corrected chi connectivity index (χ2v) is 6.51. The van der Waals surface area contributed by atoms with Crippen LogP contribution in [0, 0.1) is 20.8 Å². The van der Waals surface area contributed by atoms with Gasteiger partial charge in [0, 0.05) is 14.6 Å². The predicted octanol–water partition coefficient (Wildman–Crippen LogP) is 5.39. The third-order valence-electron chi connectivity index (χ3n) is 3.06. The van der Waals surface area contributed by atoms with Crippen molar-refractivity contribution in [3.8, 4) is 0 Å². The van der Waals surface area contributed by atoms with Crippen molar-refractivity contribution in [3.05, 3.63) is 61.5 Å². The molecule has 4 heteroatoms.